The van der Waals surface area contributed by atoms with Gasteiger partial charge >= 0.3 is 5.97 Å². The molecule has 3 N–H and O–H groups in total. The van der Waals surface area contributed by atoms with E-state index in [1.165, 1.54) is 0 Å². The third kappa shape index (κ3) is 4.11. The third-order valence-electron chi connectivity index (χ3n) is 1.50. The molecule has 78 valence electrons. The number of benzene rings is 1. The molecule has 1 aromatic rings. The van der Waals surface area contributed by atoms with Gasteiger partial charge in [0.1, 0.15) is 5.75 Å². The minimum atomic E-state index is -0.988. The first-order valence-corrected chi connectivity index (χ1v) is 3.86. The first-order valence-electron chi connectivity index (χ1n) is 3.86. The van der Waals surface area contributed by atoms with Crippen LogP contribution >= 0.6 is 12.4 Å². The number of ether oxygens (including phenoxy) is 1. The Labute approximate surface area is 88.1 Å². The summed E-state index contributed by atoms with van der Waals surface area (Å²) in [5, 5.41) is 8.35. The van der Waals surface area contributed by atoms with E-state index in [-0.39, 0.29) is 19.0 Å². The first-order chi connectivity index (χ1) is 6.22. The van der Waals surface area contributed by atoms with Crippen LogP contribution in [-0.2, 0) is 11.3 Å². The smallest absolute Gasteiger partial charge is 0.341 e. The van der Waals surface area contributed by atoms with Crippen molar-refractivity contribution in [3.8, 4) is 5.75 Å². The van der Waals surface area contributed by atoms with E-state index in [1.807, 2.05) is 6.07 Å². The molecular formula is C9H12ClNO3. The molecule has 5 heteroatoms. The lowest BCUT2D eigenvalue weighted by atomic mass is 10.2. The van der Waals surface area contributed by atoms with Gasteiger partial charge < -0.3 is 15.6 Å². The molecule has 0 saturated heterocycles. The Morgan fingerprint density at radius 2 is 2.21 bits per heavy atom. The Balaban J connectivity index is 0.00000169. The molecular weight excluding hydrogens is 206 g/mol. The van der Waals surface area contributed by atoms with Gasteiger partial charge in [0.15, 0.2) is 6.61 Å². The van der Waals surface area contributed by atoms with Crippen molar-refractivity contribution in [2.45, 2.75) is 6.54 Å². The molecule has 0 heterocycles. The molecule has 0 bridgehead atoms. The zero-order valence-electron chi connectivity index (χ0n) is 7.47. The van der Waals surface area contributed by atoms with Gasteiger partial charge in [-0.1, -0.05) is 12.1 Å². The lowest BCUT2D eigenvalue weighted by molar-refractivity contribution is -0.139. The second-order valence-electron chi connectivity index (χ2n) is 2.53. The normalized spacial score (nSPS) is 8.93. The molecule has 0 aliphatic carbocycles. The summed E-state index contributed by atoms with van der Waals surface area (Å²) >= 11 is 0. The largest absolute Gasteiger partial charge is 0.482 e. The number of carbonyl (C=O) groups is 1. The van der Waals surface area contributed by atoms with E-state index in [9.17, 15) is 4.79 Å². The van der Waals surface area contributed by atoms with Gasteiger partial charge in [0.2, 0.25) is 0 Å². The number of carboxylic acids is 1. The highest BCUT2D eigenvalue weighted by Crippen LogP contribution is 2.12. The molecule has 14 heavy (non-hydrogen) atoms. The van der Waals surface area contributed by atoms with E-state index in [4.69, 9.17) is 15.6 Å². The zero-order chi connectivity index (χ0) is 9.68. The number of nitrogens with two attached hydrogens (primary N) is 1. The van der Waals surface area contributed by atoms with Crippen LogP contribution in [-0.4, -0.2) is 17.7 Å². The van der Waals surface area contributed by atoms with Crippen molar-refractivity contribution in [3.63, 3.8) is 0 Å². The quantitative estimate of drug-likeness (QED) is 0.790. The van der Waals surface area contributed by atoms with Crippen LogP contribution in [0, 0.1) is 0 Å². The highest BCUT2D eigenvalue weighted by molar-refractivity contribution is 5.85. The van der Waals surface area contributed by atoms with Crippen LogP contribution in [0.3, 0.4) is 0 Å². The lowest BCUT2D eigenvalue weighted by Gasteiger charge is -2.03. The van der Waals surface area contributed by atoms with E-state index < -0.39 is 5.97 Å². The zero-order valence-corrected chi connectivity index (χ0v) is 8.29. The van der Waals surface area contributed by atoms with Gasteiger partial charge in [0, 0.05) is 6.54 Å². The summed E-state index contributed by atoms with van der Waals surface area (Å²) in [4.78, 5) is 10.2. The fourth-order valence-electron chi connectivity index (χ4n) is 0.907. The van der Waals surface area contributed by atoms with Gasteiger partial charge in [0.25, 0.3) is 0 Å². The molecule has 0 saturated carbocycles. The summed E-state index contributed by atoms with van der Waals surface area (Å²) in [7, 11) is 0. The molecule has 0 aliphatic heterocycles. The summed E-state index contributed by atoms with van der Waals surface area (Å²) in [5.41, 5.74) is 6.32. The fourth-order valence-corrected chi connectivity index (χ4v) is 0.907. The Kier molecular flexibility index (Phi) is 5.67. The molecule has 1 rings (SSSR count). The molecule has 0 fully saturated rings. The average molecular weight is 218 g/mol. The fraction of sp³-hybridized carbons (Fsp3) is 0.222. The number of carboxylic acid groups (broad SMARTS) is 1. The molecule has 0 radical (unpaired) electrons. The summed E-state index contributed by atoms with van der Waals surface area (Å²) in [6.07, 6.45) is 0. The molecule has 0 aromatic heterocycles. The highest BCUT2D eigenvalue weighted by Gasteiger charge is 1.99. The SMILES string of the molecule is Cl.NCc1cccc(OCC(=O)O)c1. The van der Waals surface area contributed by atoms with Crippen molar-refractivity contribution in [3.05, 3.63) is 29.8 Å². The number of aliphatic carboxylic acids is 1. The van der Waals surface area contributed by atoms with Gasteiger partial charge in [-0.05, 0) is 17.7 Å². The molecule has 0 aliphatic rings. The Morgan fingerprint density at radius 1 is 1.50 bits per heavy atom. The van der Waals surface area contributed by atoms with Crippen LogP contribution in [0.2, 0.25) is 0 Å². The Morgan fingerprint density at radius 3 is 2.79 bits per heavy atom. The van der Waals surface area contributed by atoms with Crippen LogP contribution in [0.1, 0.15) is 5.56 Å². The van der Waals surface area contributed by atoms with Crippen molar-refractivity contribution in [1.29, 1.82) is 0 Å². The molecule has 1 aromatic carbocycles. The number of hydrogen-bond acceptors (Lipinski definition) is 3. The first kappa shape index (κ1) is 12.7. The lowest BCUT2D eigenvalue weighted by Crippen LogP contribution is -2.09. The Hall–Kier alpha value is -1.26. The highest BCUT2D eigenvalue weighted by atomic mass is 35.5. The van der Waals surface area contributed by atoms with E-state index in [2.05, 4.69) is 0 Å². The molecule has 0 amide bonds. The monoisotopic (exact) mass is 217 g/mol. The van der Waals surface area contributed by atoms with Crippen LogP contribution in [0.5, 0.6) is 5.75 Å². The van der Waals surface area contributed by atoms with E-state index in [0.717, 1.165) is 5.56 Å². The summed E-state index contributed by atoms with van der Waals surface area (Å²) < 4.78 is 4.95. The third-order valence-corrected chi connectivity index (χ3v) is 1.50. The average Bonchev–Trinajstić information content (AvgIpc) is 2.15. The van der Waals surface area contributed by atoms with Gasteiger partial charge in [-0.15, -0.1) is 12.4 Å². The van der Waals surface area contributed by atoms with Gasteiger partial charge in [-0.2, -0.15) is 0 Å². The predicted octanol–water partition coefficient (Wildman–Crippen LogP) is 1.03. The van der Waals surface area contributed by atoms with Gasteiger partial charge in [0.05, 0.1) is 0 Å². The van der Waals surface area contributed by atoms with Crippen LogP contribution < -0.4 is 10.5 Å². The molecule has 0 spiro atoms. The standard InChI is InChI=1S/C9H11NO3.ClH/c10-5-7-2-1-3-8(4-7)13-6-9(11)12;/h1-4H,5-6,10H2,(H,11,12);1H. The molecule has 4 nitrogen and oxygen atoms in total. The topological polar surface area (TPSA) is 72.5 Å². The van der Waals surface area contributed by atoms with Gasteiger partial charge in [-0.3, -0.25) is 0 Å². The number of halogens is 1. The second kappa shape index (κ2) is 6.23. The summed E-state index contributed by atoms with van der Waals surface area (Å²) in [6, 6.07) is 7.05. The number of rotatable bonds is 4. The van der Waals surface area contributed by atoms with E-state index >= 15 is 0 Å². The van der Waals surface area contributed by atoms with Crippen molar-refractivity contribution in [2.75, 3.05) is 6.61 Å². The van der Waals surface area contributed by atoms with Crippen LogP contribution in [0.15, 0.2) is 24.3 Å². The van der Waals surface area contributed by atoms with Crippen molar-refractivity contribution < 1.29 is 14.6 Å². The van der Waals surface area contributed by atoms with Crippen LogP contribution in [0.25, 0.3) is 0 Å². The molecule has 0 unspecified atom stereocenters. The molecule has 0 atom stereocenters. The second-order valence-corrected chi connectivity index (χ2v) is 2.53. The van der Waals surface area contributed by atoms with Crippen molar-refractivity contribution in [2.24, 2.45) is 5.73 Å². The summed E-state index contributed by atoms with van der Waals surface area (Å²) in [6.45, 7) is 0.0955. The summed E-state index contributed by atoms with van der Waals surface area (Å²) in [5.74, 6) is -0.455. The number of hydrogen-bond donors (Lipinski definition) is 2. The maximum absolute atomic E-state index is 10.2. The van der Waals surface area contributed by atoms with Crippen molar-refractivity contribution >= 4 is 18.4 Å². The van der Waals surface area contributed by atoms with E-state index in [1.54, 1.807) is 18.2 Å². The van der Waals surface area contributed by atoms with Gasteiger partial charge in [-0.25, -0.2) is 4.79 Å². The minimum absolute atomic E-state index is 0. The van der Waals surface area contributed by atoms with E-state index in [0.29, 0.717) is 12.3 Å². The minimum Gasteiger partial charge on any atom is -0.482 e. The predicted molar refractivity (Wildman–Crippen MR) is 54.7 cm³/mol. The van der Waals surface area contributed by atoms with Crippen LogP contribution in [0.4, 0.5) is 0 Å². The Bertz CT molecular complexity index is 304. The maximum atomic E-state index is 10.2. The van der Waals surface area contributed by atoms with Crippen molar-refractivity contribution in [1.82, 2.24) is 0 Å². The maximum Gasteiger partial charge on any atom is 0.341 e.